The third-order valence-corrected chi connectivity index (χ3v) is 17.2. The molecule has 2 aliphatic heterocycles. The molecule has 5 rings (SSSR count). The van der Waals surface area contributed by atoms with E-state index in [4.69, 9.17) is 0 Å². The Kier molecular flexibility index (Phi) is 5.43. The van der Waals surface area contributed by atoms with Crippen LogP contribution in [-0.2, 0) is 9.59 Å². The van der Waals surface area contributed by atoms with Gasteiger partial charge in [0.05, 0.1) is 27.3 Å². The number of fused-ring (bicyclic) bond motifs is 3. The second-order valence-electron chi connectivity index (χ2n) is 10.2. The maximum Gasteiger partial charge on any atom is 0.226 e. The second kappa shape index (κ2) is 7.68. The highest BCUT2D eigenvalue weighted by atomic mass is 32.2. The van der Waals surface area contributed by atoms with E-state index in [-0.39, 0.29) is 10.2 Å². The van der Waals surface area contributed by atoms with Crippen LogP contribution in [0.1, 0.15) is 9.75 Å². The summed E-state index contributed by atoms with van der Waals surface area (Å²) in [6.07, 6.45) is 0. The molecular weight excluding hydrogens is 505 g/mol. The molecule has 8 heteroatoms. The maximum absolute atomic E-state index is 13.1. The van der Waals surface area contributed by atoms with Gasteiger partial charge in [0, 0.05) is 30.0 Å². The zero-order valence-corrected chi connectivity index (χ0v) is 24.2. The molecule has 0 atom stereocenters. The fourth-order valence-electron chi connectivity index (χ4n) is 3.88. The zero-order valence-electron chi connectivity index (χ0n) is 18.9. The molecule has 0 N–H and O–H groups in total. The van der Waals surface area contributed by atoms with Gasteiger partial charge in [-0.2, -0.15) is 0 Å². The molecule has 0 radical (unpaired) electrons. The van der Waals surface area contributed by atoms with Crippen LogP contribution in [0.25, 0.3) is 11.1 Å². The van der Waals surface area contributed by atoms with Crippen molar-refractivity contribution in [2.45, 2.75) is 49.1 Å². The Labute approximate surface area is 206 Å². The summed E-state index contributed by atoms with van der Waals surface area (Å²) < 4.78 is 2.81. The molecular formula is C24H24O2S4Si2. The fourth-order valence-corrected chi connectivity index (χ4v) is 12.1. The molecule has 0 fully saturated rings. The molecule has 0 aliphatic carbocycles. The van der Waals surface area contributed by atoms with Gasteiger partial charge in [-0.05, 0) is 44.7 Å². The van der Waals surface area contributed by atoms with E-state index >= 15 is 0 Å². The average molecular weight is 529 g/mol. The van der Waals surface area contributed by atoms with Gasteiger partial charge < -0.3 is 0 Å². The number of hydrogen-bond donors (Lipinski definition) is 0. The molecule has 2 nitrogen and oxygen atoms in total. The summed E-state index contributed by atoms with van der Waals surface area (Å²) in [4.78, 5) is 30.2. The minimum atomic E-state index is -1.42. The first-order valence-electron chi connectivity index (χ1n) is 10.5. The molecule has 0 bridgehead atoms. The summed E-state index contributed by atoms with van der Waals surface area (Å²) in [6.45, 7) is 14.0. The van der Waals surface area contributed by atoms with E-state index < -0.39 is 16.1 Å². The van der Waals surface area contributed by atoms with Crippen molar-refractivity contribution in [1.29, 1.82) is 0 Å². The Balaban J connectivity index is 1.69. The normalized spacial score (nSPS) is 16.2. The van der Waals surface area contributed by atoms with Crippen molar-refractivity contribution in [3.05, 3.63) is 56.6 Å². The van der Waals surface area contributed by atoms with Crippen LogP contribution in [0.2, 0.25) is 39.3 Å². The molecule has 1 aromatic carbocycles. The Morgan fingerprint density at radius 2 is 0.938 bits per heavy atom. The summed E-state index contributed by atoms with van der Waals surface area (Å²) >= 11 is 6.10. The maximum atomic E-state index is 13.1. The van der Waals surface area contributed by atoms with Crippen LogP contribution in [0.4, 0.5) is 0 Å². The Hall–Kier alpha value is -1.17. The van der Waals surface area contributed by atoms with Crippen molar-refractivity contribution in [1.82, 2.24) is 0 Å². The molecule has 0 saturated heterocycles. The second-order valence-corrected chi connectivity index (χ2v) is 25.1. The molecule has 0 saturated carbocycles. The predicted octanol–water partition coefficient (Wildman–Crippen LogP) is 4.56. The first kappa shape index (κ1) is 22.6. The zero-order chi connectivity index (χ0) is 23.0. The topological polar surface area (TPSA) is 34.1 Å². The van der Waals surface area contributed by atoms with E-state index in [1.165, 1.54) is 32.5 Å². The Bertz CT molecular complexity index is 1320. The van der Waals surface area contributed by atoms with Gasteiger partial charge in [0.25, 0.3) is 0 Å². The fraction of sp³-hybridized carbons (Fsp3) is 0.250. The van der Waals surface area contributed by atoms with Crippen molar-refractivity contribution < 1.29 is 9.59 Å². The smallest absolute Gasteiger partial charge is 0.226 e. The Morgan fingerprint density at radius 1 is 0.562 bits per heavy atom. The van der Waals surface area contributed by atoms with Crippen molar-refractivity contribution in [2.24, 2.45) is 0 Å². The number of hydrogen-bond acceptors (Lipinski definition) is 6. The number of thioether (sulfide) groups is 2. The van der Waals surface area contributed by atoms with Crippen LogP contribution >= 0.6 is 46.2 Å². The van der Waals surface area contributed by atoms with Crippen LogP contribution < -0.4 is 19.4 Å². The lowest BCUT2D eigenvalue weighted by molar-refractivity contribution is -0.107. The van der Waals surface area contributed by atoms with Gasteiger partial charge in [0.2, 0.25) is 10.2 Å². The molecule has 0 spiro atoms. The molecule has 4 heterocycles. The third kappa shape index (κ3) is 3.69. The first-order valence-corrected chi connectivity index (χ1v) is 20.8. The predicted molar refractivity (Wildman–Crippen MR) is 147 cm³/mol. The number of benzene rings is 1. The van der Waals surface area contributed by atoms with Gasteiger partial charge in [-0.1, -0.05) is 63.5 Å². The summed E-state index contributed by atoms with van der Waals surface area (Å²) in [5, 5.41) is 2.16. The highest BCUT2D eigenvalue weighted by Crippen LogP contribution is 2.41. The lowest BCUT2D eigenvalue weighted by atomic mass is 10.1. The third-order valence-electron chi connectivity index (χ3n) is 5.63. The van der Waals surface area contributed by atoms with Crippen LogP contribution in [0.3, 0.4) is 0 Å². The summed E-state index contributed by atoms with van der Waals surface area (Å²) in [5.41, 5.74) is 1.61. The lowest BCUT2D eigenvalue weighted by Gasteiger charge is -2.12. The Morgan fingerprint density at radius 3 is 1.25 bits per heavy atom. The highest BCUT2D eigenvalue weighted by molar-refractivity contribution is 8.17. The number of thiophene rings is 2. The van der Waals surface area contributed by atoms with Crippen molar-refractivity contribution in [3.63, 3.8) is 0 Å². The van der Waals surface area contributed by atoms with E-state index in [1.54, 1.807) is 22.7 Å². The van der Waals surface area contributed by atoms with Crippen LogP contribution in [0.15, 0.2) is 46.2 Å². The van der Waals surface area contributed by atoms with Gasteiger partial charge in [0.15, 0.2) is 0 Å². The van der Waals surface area contributed by atoms with Crippen LogP contribution in [-0.4, -0.2) is 26.4 Å². The van der Waals surface area contributed by atoms with E-state index in [1.807, 2.05) is 0 Å². The molecule has 2 aliphatic rings. The number of rotatable bonds is 4. The summed E-state index contributed by atoms with van der Waals surface area (Å²) in [5.74, 6) is 0. The molecule has 2 aromatic heterocycles. The quantitative estimate of drug-likeness (QED) is 0.465. The van der Waals surface area contributed by atoms with Gasteiger partial charge in [-0.15, -0.1) is 22.7 Å². The summed E-state index contributed by atoms with van der Waals surface area (Å²) in [7, 11) is -2.84. The average Bonchev–Trinajstić information content (AvgIpc) is 3.42. The highest BCUT2D eigenvalue weighted by Gasteiger charge is 2.33. The molecule has 32 heavy (non-hydrogen) atoms. The molecule has 0 amide bonds. The molecule has 3 aromatic rings. The van der Waals surface area contributed by atoms with Crippen LogP contribution in [0.5, 0.6) is 0 Å². The van der Waals surface area contributed by atoms with Gasteiger partial charge in [-0.3, -0.25) is 9.59 Å². The van der Waals surface area contributed by atoms with E-state index in [2.05, 4.69) is 75.7 Å². The van der Waals surface area contributed by atoms with Gasteiger partial charge >= 0.3 is 0 Å². The van der Waals surface area contributed by atoms with E-state index in [0.717, 1.165) is 41.1 Å². The largest absolute Gasteiger partial charge is 0.281 e. The van der Waals surface area contributed by atoms with Gasteiger partial charge in [0.1, 0.15) is 0 Å². The SMILES string of the molecule is C[Si](C)(C)c1ccc(C2=c3ccc4c(c3SC2=O)SC(=O)C=4c2ccc([Si](C)(C)C)s2)s1. The van der Waals surface area contributed by atoms with Crippen molar-refractivity contribution in [2.75, 3.05) is 0 Å². The minimum absolute atomic E-state index is 0.0935. The molecule has 164 valence electrons. The van der Waals surface area contributed by atoms with E-state index in [0.29, 0.717) is 0 Å². The van der Waals surface area contributed by atoms with Gasteiger partial charge in [-0.25, -0.2) is 0 Å². The van der Waals surface area contributed by atoms with Crippen molar-refractivity contribution in [3.8, 4) is 0 Å². The number of carbonyl (C=O) groups excluding carboxylic acids is 2. The molecule has 0 unspecified atom stereocenters. The van der Waals surface area contributed by atoms with Crippen LogP contribution in [0, 0.1) is 0 Å². The minimum Gasteiger partial charge on any atom is -0.281 e. The first-order chi connectivity index (χ1) is 14.9. The summed E-state index contributed by atoms with van der Waals surface area (Å²) in [6, 6.07) is 12.7. The number of carbonyl (C=O) groups is 2. The monoisotopic (exact) mass is 528 g/mol. The van der Waals surface area contributed by atoms with E-state index in [9.17, 15) is 9.59 Å². The standard InChI is InChI=1S/C24H24O2S4Si2/c1-31(2,3)17-11-9-15(27-17)19-13-7-8-14-20(16-10-12-18(28-16)32(4,5)6)24(26)30-22(14)21(13)29-23(19)25/h7-12H,1-6H3. The van der Waals surface area contributed by atoms with Crippen molar-refractivity contribution >= 4 is 92.7 Å². The lowest BCUT2D eigenvalue weighted by Crippen LogP contribution is -2.34.